The minimum atomic E-state index is -0.932. The van der Waals surface area contributed by atoms with Gasteiger partial charge in [0.2, 0.25) is 6.08 Å². The average molecular weight is 439 g/mol. The van der Waals surface area contributed by atoms with Crippen LogP contribution in [0.4, 0.5) is 0 Å². The molecule has 7 nitrogen and oxygen atoms in total. The van der Waals surface area contributed by atoms with E-state index in [0.717, 1.165) is 0 Å². The van der Waals surface area contributed by atoms with E-state index in [0.29, 0.717) is 17.0 Å². The van der Waals surface area contributed by atoms with Crippen molar-refractivity contribution in [2.75, 3.05) is 13.7 Å². The van der Waals surface area contributed by atoms with Gasteiger partial charge >= 0.3 is 11.9 Å². The van der Waals surface area contributed by atoms with Crippen molar-refractivity contribution in [3.63, 3.8) is 0 Å². The largest absolute Gasteiger partial charge is 0.466 e. The highest BCUT2D eigenvalue weighted by Crippen LogP contribution is 2.43. The first-order valence-electron chi connectivity index (χ1n) is 8.70. The van der Waals surface area contributed by atoms with Crippen LogP contribution in [-0.2, 0) is 23.9 Å². The topological polar surface area (TPSA) is 94.1 Å². The summed E-state index contributed by atoms with van der Waals surface area (Å²) in [6.45, 7) is 4.88. The quantitative estimate of drug-likeness (QED) is 0.413. The smallest absolute Gasteiger partial charge is 0.337 e. The number of isocyanates is 1. The Hall–Kier alpha value is -2.60. The van der Waals surface area contributed by atoms with Crippen molar-refractivity contribution in [1.82, 2.24) is 5.32 Å². The van der Waals surface area contributed by atoms with E-state index in [2.05, 4.69) is 10.3 Å². The van der Waals surface area contributed by atoms with Crippen molar-refractivity contribution in [2.45, 2.75) is 32.8 Å². The Morgan fingerprint density at radius 3 is 2.52 bits per heavy atom. The van der Waals surface area contributed by atoms with Gasteiger partial charge in [-0.1, -0.05) is 35.3 Å². The minimum Gasteiger partial charge on any atom is -0.466 e. The van der Waals surface area contributed by atoms with Crippen LogP contribution in [0, 0.1) is 0 Å². The fraction of sp³-hybridized carbons (Fsp3) is 0.350. The van der Waals surface area contributed by atoms with Crippen LogP contribution >= 0.6 is 23.2 Å². The number of esters is 2. The van der Waals surface area contributed by atoms with Gasteiger partial charge in [-0.3, -0.25) is 0 Å². The number of carbonyl (C=O) groups is 2. The molecule has 1 atom stereocenters. The van der Waals surface area contributed by atoms with Crippen molar-refractivity contribution in [2.24, 2.45) is 4.99 Å². The molecule has 0 saturated heterocycles. The molecule has 0 amide bonds. The first-order chi connectivity index (χ1) is 13.7. The molecule has 0 bridgehead atoms. The lowest BCUT2D eigenvalue weighted by atomic mass is 9.80. The SMILES string of the molecule is COC(=O)C1=C(C)NC(CN=C=O)=C(C(=O)OC(C)C)C1c1cccc(Cl)c1Cl. The number of halogens is 2. The molecule has 154 valence electrons. The van der Waals surface area contributed by atoms with E-state index < -0.39 is 24.0 Å². The van der Waals surface area contributed by atoms with E-state index in [1.807, 2.05) is 0 Å². The Morgan fingerprint density at radius 2 is 1.93 bits per heavy atom. The molecule has 1 aromatic rings. The maximum Gasteiger partial charge on any atom is 0.337 e. The van der Waals surface area contributed by atoms with Gasteiger partial charge in [0.1, 0.15) is 0 Å². The van der Waals surface area contributed by atoms with Gasteiger partial charge in [-0.2, -0.15) is 4.99 Å². The summed E-state index contributed by atoms with van der Waals surface area (Å²) in [4.78, 5) is 39.9. The second kappa shape index (κ2) is 9.74. The van der Waals surface area contributed by atoms with E-state index in [4.69, 9.17) is 32.7 Å². The number of hydrogen-bond acceptors (Lipinski definition) is 7. The van der Waals surface area contributed by atoms with E-state index in [1.165, 1.54) is 13.2 Å². The predicted octanol–water partition coefficient (Wildman–Crippen LogP) is 3.67. The molecule has 1 unspecified atom stereocenters. The molecule has 0 spiro atoms. The summed E-state index contributed by atoms with van der Waals surface area (Å²) in [5.41, 5.74) is 1.41. The van der Waals surface area contributed by atoms with E-state index >= 15 is 0 Å². The summed E-state index contributed by atoms with van der Waals surface area (Å²) < 4.78 is 10.3. The van der Waals surface area contributed by atoms with Gasteiger partial charge < -0.3 is 14.8 Å². The zero-order valence-corrected chi connectivity index (χ0v) is 17.9. The Balaban J connectivity index is 2.82. The number of rotatable bonds is 6. The molecule has 9 heteroatoms. The van der Waals surface area contributed by atoms with Gasteiger partial charge in [0.15, 0.2) is 0 Å². The third-order valence-electron chi connectivity index (χ3n) is 4.21. The second-order valence-electron chi connectivity index (χ2n) is 6.49. The fourth-order valence-electron chi connectivity index (χ4n) is 3.09. The summed E-state index contributed by atoms with van der Waals surface area (Å²) in [7, 11) is 1.24. The molecule has 0 saturated carbocycles. The van der Waals surface area contributed by atoms with E-state index in [9.17, 15) is 14.4 Å². The highest BCUT2D eigenvalue weighted by molar-refractivity contribution is 6.42. The predicted molar refractivity (Wildman–Crippen MR) is 108 cm³/mol. The Morgan fingerprint density at radius 1 is 1.24 bits per heavy atom. The number of carbonyl (C=O) groups excluding carboxylic acids is 3. The molecule has 1 N–H and O–H groups in total. The van der Waals surface area contributed by atoms with Crippen LogP contribution in [0.5, 0.6) is 0 Å². The van der Waals surface area contributed by atoms with E-state index in [1.54, 1.807) is 39.0 Å². The first-order valence-corrected chi connectivity index (χ1v) is 9.46. The summed E-state index contributed by atoms with van der Waals surface area (Å²) in [5, 5.41) is 3.41. The van der Waals surface area contributed by atoms with Crippen LogP contribution < -0.4 is 5.32 Å². The average Bonchev–Trinajstić information content (AvgIpc) is 2.66. The van der Waals surface area contributed by atoms with Gasteiger partial charge in [0, 0.05) is 11.4 Å². The number of hydrogen-bond donors (Lipinski definition) is 1. The molecule has 1 heterocycles. The van der Waals surface area contributed by atoms with Gasteiger partial charge in [-0.15, -0.1) is 0 Å². The van der Waals surface area contributed by atoms with E-state index in [-0.39, 0.29) is 27.7 Å². The molecular formula is C20H20Cl2N2O5. The van der Waals surface area contributed by atoms with Gasteiger partial charge in [-0.25, -0.2) is 14.4 Å². The van der Waals surface area contributed by atoms with Crippen LogP contribution in [0.3, 0.4) is 0 Å². The summed E-state index contributed by atoms with van der Waals surface area (Å²) >= 11 is 12.6. The number of ether oxygens (including phenoxy) is 2. The van der Waals surface area contributed by atoms with Crippen LogP contribution in [-0.4, -0.2) is 37.8 Å². The lowest BCUT2D eigenvalue weighted by Crippen LogP contribution is -2.34. The third-order valence-corrected chi connectivity index (χ3v) is 5.04. The molecular weight excluding hydrogens is 419 g/mol. The van der Waals surface area contributed by atoms with Gasteiger partial charge in [0.05, 0.1) is 46.9 Å². The molecule has 0 aliphatic carbocycles. The van der Waals surface area contributed by atoms with Crippen molar-refractivity contribution >= 4 is 41.2 Å². The Kier molecular flexibility index (Phi) is 7.62. The normalized spacial score (nSPS) is 16.3. The zero-order chi connectivity index (χ0) is 21.7. The van der Waals surface area contributed by atoms with Crippen molar-refractivity contribution in [3.05, 3.63) is 56.3 Å². The zero-order valence-electron chi connectivity index (χ0n) is 16.3. The summed E-state index contributed by atoms with van der Waals surface area (Å²) in [6.07, 6.45) is 1.02. The minimum absolute atomic E-state index is 0.0906. The van der Waals surface area contributed by atoms with Crippen LogP contribution in [0.15, 0.2) is 45.7 Å². The van der Waals surface area contributed by atoms with Crippen molar-refractivity contribution < 1.29 is 23.9 Å². The second-order valence-corrected chi connectivity index (χ2v) is 7.27. The number of methoxy groups -OCH3 is 1. The first kappa shape index (κ1) is 22.7. The number of nitrogens with one attached hydrogen (secondary N) is 1. The number of dihydropyridines is 1. The molecule has 2 rings (SSSR count). The molecule has 1 aliphatic rings. The molecule has 1 aromatic carbocycles. The van der Waals surface area contributed by atoms with Crippen molar-refractivity contribution in [3.8, 4) is 0 Å². The lowest BCUT2D eigenvalue weighted by molar-refractivity contribution is -0.143. The number of allylic oxidation sites excluding steroid dienone is 1. The molecule has 0 fully saturated rings. The summed E-state index contributed by atoms with van der Waals surface area (Å²) in [6, 6.07) is 4.91. The van der Waals surface area contributed by atoms with Crippen molar-refractivity contribution in [1.29, 1.82) is 0 Å². The molecule has 0 radical (unpaired) electrons. The number of benzene rings is 1. The third kappa shape index (κ3) is 4.88. The van der Waals surface area contributed by atoms with Crippen LogP contribution in [0.1, 0.15) is 32.3 Å². The molecule has 1 aliphatic heterocycles. The van der Waals surface area contributed by atoms with Crippen LogP contribution in [0.25, 0.3) is 0 Å². The monoisotopic (exact) mass is 438 g/mol. The fourth-order valence-corrected chi connectivity index (χ4v) is 3.50. The maximum atomic E-state index is 13.0. The Bertz CT molecular complexity index is 946. The Labute approximate surface area is 178 Å². The number of nitrogens with zero attached hydrogens (tertiary/aromatic N) is 1. The lowest BCUT2D eigenvalue weighted by Gasteiger charge is -2.31. The molecule has 29 heavy (non-hydrogen) atoms. The number of aliphatic imine (C=N–C) groups is 1. The highest BCUT2D eigenvalue weighted by Gasteiger charge is 2.40. The van der Waals surface area contributed by atoms with Gasteiger partial charge in [0.25, 0.3) is 0 Å². The maximum absolute atomic E-state index is 13.0. The highest BCUT2D eigenvalue weighted by atomic mass is 35.5. The van der Waals surface area contributed by atoms with Gasteiger partial charge in [-0.05, 0) is 32.4 Å². The molecule has 0 aromatic heterocycles. The summed E-state index contributed by atoms with van der Waals surface area (Å²) in [5.74, 6) is -2.26. The standard InChI is InChI=1S/C20H20Cl2N2O5/c1-10(2)29-20(27)17-14(8-23-9-25)24-11(3)15(19(26)28-4)16(17)12-6-5-7-13(21)18(12)22/h5-7,10,16,24H,8H2,1-4H3. The van der Waals surface area contributed by atoms with Crippen LogP contribution in [0.2, 0.25) is 10.0 Å².